The zero-order valence-electron chi connectivity index (χ0n) is 25.9. The smallest absolute Gasteiger partial charge is 0.123 e. The fourth-order valence-corrected chi connectivity index (χ4v) is 6.88. The second kappa shape index (κ2) is 16.9. The predicted octanol–water partition coefficient (Wildman–Crippen LogP) is 9.85. The number of aliphatic hydroxyl groups is 1. The largest absolute Gasteiger partial charge is 0.508 e. The molecule has 0 aliphatic heterocycles. The number of hydrogen-bond acceptors (Lipinski definition) is 5. The minimum atomic E-state index is 0.0586. The van der Waals surface area contributed by atoms with Gasteiger partial charge in [0.2, 0.25) is 0 Å². The number of phenols is 4. The molecule has 0 heterocycles. The molecule has 5 heteroatoms. The van der Waals surface area contributed by atoms with Crippen molar-refractivity contribution in [1.29, 1.82) is 0 Å². The Morgan fingerprint density at radius 2 is 0.951 bits per heavy atom. The number of unbranched alkanes of at least 4 members (excludes halogenated alkanes) is 2. The molecule has 6 rings (SSSR count). The molecule has 2 aromatic carbocycles. The number of rotatable bonds is 7. The van der Waals surface area contributed by atoms with Crippen LogP contribution in [-0.2, 0) is 0 Å². The van der Waals surface area contributed by atoms with Crippen molar-refractivity contribution < 1.29 is 25.5 Å². The molecule has 4 bridgehead atoms. The number of hydrogen-bond donors (Lipinski definition) is 5. The summed E-state index contributed by atoms with van der Waals surface area (Å²) in [5.41, 5.74) is 3.36. The summed E-state index contributed by atoms with van der Waals surface area (Å²) in [7, 11) is 0. The highest BCUT2D eigenvalue weighted by atomic mass is 16.3. The number of aromatic hydroxyl groups is 4. The van der Waals surface area contributed by atoms with Crippen LogP contribution in [0.1, 0.15) is 169 Å². The van der Waals surface area contributed by atoms with Crippen molar-refractivity contribution in [2.45, 2.75) is 147 Å². The van der Waals surface area contributed by atoms with E-state index in [9.17, 15) is 25.5 Å². The van der Waals surface area contributed by atoms with E-state index in [1.165, 1.54) is 0 Å². The molecule has 230 valence electrons. The summed E-state index contributed by atoms with van der Waals surface area (Å²) in [6, 6.07) is 7.50. The lowest BCUT2D eigenvalue weighted by Crippen LogP contribution is -2.04. The van der Waals surface area contributed by atoms with Gasteiger partial charge in [0, 0.05) is 17.7 Å². The summed E-state index contributed by atoms with van der Waals surface area (Å²) in [4.78, 5) is 0. The maximum Gasteiger partial charge on any atom is 0.123 e. The van der Waals surface area contributed by atoms with Crippen LogP contribution in [0.2, 0.25) is 0 Å². The molecule has 0 unspecified atom stereocenters. The fourth-order valence-electron chi connectivity index (χ4n) is 6.88. The molecule has 0 amide bonds. The Kier molecular flexibility index (Phi) is 13.6. The Balaban J connectivity index is 1.84. The van der Waals surface area contributed by atoms with Gasteiger partial charge < -0.3 is 25.5 Å². The van der Waals surface area contributed by atoms with Gasteiger partial charge >= 0.3 is 0 Å². The monoisotopic (exact) mass is 568 g/mol. The van der Waals surface area contributed by atoms with Gasteiger partial charge in [0.25, 0.3) is 0 Å². The molecule has 41 heavy (non-hydrogen) atoms. The maximum atomic E-state index is 11.1. The van der Waals surface area contributed by atoms with E-state index in [2.05, 4.69) is 20.8 Å². The van der Waals surface area contributed by atoms with Crippen LogP contribution in [0.15, 0.2) is 24.3 Å². The summed E-state index contributed by atoms with van der Waals surface area (Å²) in [6.07, 6.45) is 15.5. The van der Waals surface area contributed by atoms with Crippen molar-refractivity contribution >= 4 is 0 Å². The summed E-state index contributed by atoms with van der Waals surface area (Å²) in [5, 5.41) is 53.6. The number of aliphatic hydroxyl groups excluding tert-OH is 1. The van der Waals surface area contributed by atoms with Gasteiger partial charge in [-0.25, -0.2) is 0 Å². The lowest BCUT2D eigenvalue weighted by atomic mass is 9.83. The minimum Gasteiger partial charge on any atom is -0.508 e. The summed E-state index contributed by atoms with van der Waals surface area (Å²) >= 11 is 0. The van der Waals surface area contributed by atoms with Gasteiger partial charge in [-0.1, -0.05) is 78.6 Å². The van der Waals surface area contributed by atoms with Gasteiger partial charge in [-0.3, -0.25) is 0 Å². The van der Waals surface area contributed by atoms with Crippen LogP contribution >= 0.6 is 0 Å². The average molecular weight is 569 g/mol. The molecule has 0 saturated carbocycles. The lowest BCUT2D eigenvalue weighted by molar-refractivity contribution is 0.280. The Labute approximate surface area is 248 Å². The molecule has 2 aromatic rings. The van der Waals surface area contributed by atoms with Crippen molar-refractivity contribution in [1.82, 2.24) is 0 Å². The molecule has 0 saturated heterocycles. The normalized spacial score (nSPS) is 23.2. The molecule has 4 aliphatic carbocycles. The van der Waals surface area contributed by atoms with Crippen molar-refractivity contribution in [2.24, 2.45) is 0 Å². The first-order valence-electron chi connectivity index (χ1n) is 16.5. The van der Waals surface area contributed by atoms with Crippen molar-refractivity contribution in [2.75, 3.05) is 6.61 Å². The molecular formula is C36H56O5. The molecule has 4 atom stereocenters. The summed E-state index contributed by atoms with van der Waals surface area (Å²) in [5.74, 6) is 1.58. The van der Waals surface area contributed by atoms with E-state index in [4.69, 9.17) is 0 Å². The SMILES string of the molecule is CCCC[C@@H]1CCCCC[C@@H](C)c2cc(O)c(c(O)c2)[C@@H](CCCCO)CCCCC[C@@H](C)c2cc(O)c1c(O)c2. The van der Waals surface area contributed by atoms with Crippen molar-refractivity contribution in [3.8, 4) is 23.0 Å². The van der Waals surface area contributed by atoms with Crippen LogP contribution in [0, 0.1) is 0 Å². The van der Waals surface area contributed by atoms with Gasteiger partial charge in [0.1, 0.15) is 23.0 Å². The topological polar surface area (TPSA) is 101 Å². The standard InChI is InChI=1S/C36H56O5/c1-4-5-16-27-17-10-6-8-14-26(3)30-23-33(40)36(34(41)24-30)28(19-12-13-20-37)18-11-7-9-15-25(2)29-21-31(38)35(27)32(39)22-29/h21-28,37-41H,4-20H2,1-3H3/t25-,26-,27-,28-/m1/s1. The Morgan fingerprint density at radius 3 is 1.34 bits per heavy atom. The minimum absolute atomic E-state index is 0.0586. The van der Waals surface area contributed by atoms with Crippen LogP contribution in [0.5, 0.6) is 23.0 Å². The molecule has 0 spiro atoms. The van der Waals surface area contributed by atoms with E-state index >= 15 is 0 Å². The molecular weight excluding hydrogens is 512 g/mol. The van der Waals surface area contributed by atoms with E-state index in [0.29, 0.717) is 5.56 Å². The van der Waals surface area contributed by atoms with E-state index in [1.807, 2.05) is 24.3 Å². The Bertz CT molecular complexity index is 1020. The first-order chi connectivity index (χ1) is 19.8. The molecule has 0 aromatic heterocycles. The fraction of sp³-hybridized carbons (Fsp3) is 0.667. The molecule has 0 radical (unpaired) electrons. The molecule has 0 fully saturated rings. The third-order valence-corrected chi connectivity index (χ3v) is 9.52. The first kappa shape index (κ1) is 33.1. The highest BCUT2D eigenvalue weighted by Gasteiger charge is 2.23. The van der Waals surface area contributed by atoms with Gasteiger partial charge in [-0.2, -0.15) is 0 Å². The van der Waals surface area contributed by atoms with Gasteiger partial charge in [-0.05, 0) is 104 Å². The highest BCUT2D eigenvalue weighted by molar-refractivity contribution is 5.50. The zero-order valence-corrected chi connectivity index (χ0v) is 25.9. The molecule has 5 N–H and O–H groups in total. The van der Waals surface area contributed by atoms with E-state index in [-0.39, 0.29) is 53.3 Å². The average Bonchev–Trinajstić information content (AvgIpc) is 2.93. The zero-order chi connectivity index (χ0) is 29.8. The van der Waals surface area contributed by atoms with Crippen LogP contribution in [-0.4, -0.2) is 32.1 Å². The first-order valence-corrected chi connectivity index (χ1v) is 16.5. The molecule has 5 nitrogen and oxygen atoms in total. The third-order valence-electron chi connectivity index (χ3n) is 9.52. The van der Waals surface area contributed by atoms with E-state index in [0.717, 1.165) is 119 Å². The van der Waals surface area contributed by atoms with Crippen LogP contribution in [0.4, 0.5) is 0 Å². The van der Waals surface area contributed by atoms with E-state index in [1.54, 1.807) is 0 Å². The van der Waals surface area contributed by atoms with Gasteiger partial charge in [-0.15, -0.1) is 0 Å². The van der Waals surface area contributed by atoms with Crippen molar-refractivity contribution in [3.05, 3.63) is 46.5 Å². The van der Waals surface area contributed by atoms with Gasteiger partial charge in [0.15, 0.2) is 0 Å². The Morgan fingerprint density at radius 1 is 0.561 bits per heavy atom. The second-order valence-corrected chi connectivity index (χ2v) is 12.8. The summed E-state index contributed by atoms with van der Waals surface area (Å²) in [6.45, 7) is 6.66. The molecule has 4 aliphatic rings. The van der Waals surface area contributed by atoms with Crippen LogP contribution in [0.25, 0.3) is 0 Å². The summed E-state index contributed by atoms with van der Waals surface area (Å²) < 4.78 is 0. The maximum absolute atomic E-state index is 11.1. The lowest BCUT2D eigenvalue weighted by Gasteiger charge is -2.23. The third kappa shape index (κ3) is 9.56. The number of benzene rings is 2. The highest BCUT2D eigenvalue weighted by Crippen LogP contribution is 2.44. The van der Waals surface area contributed by atoms with Crippen LogP contribution < -0.4 is 0 Å². The quantitative estimate of drug-likeness (QED) is 0.214. The van der Waals surface area contributed by atoms with Gasteiger partial charge in [0.05, 0.1) is 0 Å². The van der Waals surface area contributed by atoms with E-state index < -0.39 is 0 Å². The second-order valence-electron chi connectivity index (χ2n) is 12.8. The predicted molar refractivity (Wildman–Crippen MR) is 168 cm³/mol. The number of phenolic OH excluding ortho intramolecular Hbond substituents is 4. The Hall–Kier alpha value is -2.40. The van der Waals surface area contributed by atoms with Crippen molar-refractivity contribution in [3.63, 3.8) is 0 Å². The van der Waals surface area contributed by atoms with Crippen LogP contribution in [0.3, 0.4) is 0 Å².